The van der Waals surface area contributed by atoms with E-state index >= 15 is 0 Å². The molecule has 1 aliphatic heterocycles. The van der Waals surface area contributed by atoms with Crippen molar-refractivity contribution in [2.24, 2.45) is 0 Å². The van der Waals surface area contributed by atoms with E-state index in [0.717, 1.165) is 25.9 Å². The predicted molar refractivity (Wildman–Crippen MR) is 42.4 cm³/mol. The van der Waals surface area contributed by atoms with E-state index in [1.165, 1.54) is 0 Å². The Bertz CT molecular complexity index is 147. The third kappa shape index (κ3) is 1.85. The average molecular weight is 157 g/mol. The van der Waals surface area contributed by atoms with Crippen molar-refractivity contribution < 1.29 is 9.53 Å². The average Bonchev–Trinajstić information content (AvgIpc) is 2.32. The van der Waals surface area contributed by atoms with Gasteiger partial charge in [-0.15, -0.1) is 0 Å². The molecule has 3 nitrogen and oxygen atoms in total. The Morgan fingerprint density at radius 1 is 1.64 bits per heavy atom. The van der Waals surface area contributed by atoms with Gasteiger partial charge in [-0.1, -0.05) is 13.3 Å². The smallest absolute Gasteiger partial charge is 0.410 e. The van der Waals surface area contributed by atoms with Crippen LogP contribution in [0.25, 0.3) is 0 Å². The molecule has 11 heavy (non-hydrogen) atoms. The van der Waals surface area contributed by atoms with E-state index in [1.54, 1.807) is 4.90 Å². The van der Waals surface area contributed by atoms with Crippen LogP contribution >= 0.6 is 0 Å². The van der Waals surface area contributed by atoms with Crippen LogP contribution in [-0.4, -0.2) is 30.2 Å². The normalized spacial score (nSPS) is 24.0. The third-order valence-electron chi connectivity index (χ3n) is 1.94. The molecule has 1 saturated heterocycles. The Morgan fingerprint density at radius 2 is 2.36 bits per heavy atom. The van der Waals surface area contributed by atoms with E-state index in [-0.39, 0.29) is 12.2 Å². The summed E-state index contributed by atoms with van der Waals surface area (Å²) in [5.74, 6) is 0. The molecule has 1 rings (SSSR count). The van der Waals surface area contributed by atoms with Gasteiger partial charge < -0.3 is 9.64 Å². The van der Waals surface area contributed by atoms with Gasteiger partial charge in [-0.05, 0) is 13.3 Å². The van der Waals surface area contributed by atoms with Gasteiger partial charge in [0, 0.05) is 6.54 Å². The summed E-state index contributed by atoms with van der Waals surface area (Å²) < 4.78 is 5.09. The van der Waals surface area contributed by atoms with Crippen molar-refractivity contribution in [2.75, 3.05) is 13.1 Å². The Balaban J connectivity index is 2.36. The van der Waals surface area contributed by atoms with Crippen LogP contribution in [0.1, 0.15) is 26.7 Å². The first-order chi connectivity index (χ1) is 5.27. The zero-order valence-electron chi connectivity index (χ0n) is 7.17. The number of likely N-dealkylation sites (N-methyl/N-ethyl adjacent to an activating group) is 1. The lowest BCUT2D eigenvalue weighted by atomic mass is 10.2. The Labute approximate surface area is 67.3 Å². The van der Waals surface area contributed by atoms with Gasteiger partial charge in [0.2, 0.25) is 0 Å². The monoisotopic (exact) mass is 157 g/mol. The maximum atomic E-state index is 11.0. The molecule has 3 heteroatoms. The first-order valence-corrected chi connectivity index (χ1v) is 4.23. The van der Waals surface area contributed by atoms with E-state index in [2.05, 4.69) is 6.92 Å². The Kier molecular flexibility index (Phi) is 2.74. The van der Waals surface area contributed by atoms with Gasteiger partial charge >= 0.3 is 6.09 Å². The summed E-state index contributed by atoms with van der Waals surface area (Å²) in [6.45, 7) is 5.61. The van der Waals surface area contributed by atoms with E-state index in [1.807, 2.05) is 6.92 Å². The van der Waals surface area contributed by atoms with Crippen LogP contribution < -0.4 is 0 Å². The molecule has 0 aromatic rings. The summed E-state index contributed by atoms with van der Waals surface area (Å²) in [6, 6.07) is 0. The van der Waals surface area contributed by atoms with Crippen LogP contribution in [0.3, 0.4) is 0 Å². The van der Waals surface area contributed by atoms with Gasteiger partial charge in [-0.2, -0.15) is 0 Å². The van der Waals surface area contributed by atoms with Gasteiger partial charge in [0.05, 0.1) is 6.54 Å². The van der Waals surface area contributed by atoms with Crippen LogP contribution in [0.15, 0.2) is 0 Å². The second-order valence-electron chi connectivity index (χ2n) is 2.83. The molecule has 0 aromatic heterocycles. The van der Waals surface area contributed by atoms with Crippen molar-refractivity contribution in [3.63, 3.8) is 0 Å². The highest BCUT2D eigenvalue weighted by atomic mass is 16.6. The number of hydrogen-bond acceptors (Lipinski definition) is 2. The number of ether oxygens (including phenoxy) is 1. The van der Waals surface area contributed by atoms with E-state index in [9.17, 15) is 4.79 Å². The first kappa shape index (κ1) is 8.37. The molecule has 0 N–H and O–H groups in total. The maximum absolute atomic E-state index is 11.0. The van der Waals surface area contributed by atoms with Crippen molar-refractivity contribution in [3.05, 3.63) is 0 Å². The number of carbonyl (C=O) groups is 1. The zero-order chi connectivity index (χ0) is 8.27. The van der Waals surface area contributed by atoms with E-state index in [0.29, 0.717) is 0 Å². The predicted octanol–water partition coefficient (Wildman–Crippen LogP) is 1.63. The topological polar surface area (TPSA) is 29.5 Å². The minimum Gasteiger partial charge on any atom is -0.444 e. The second-order valence-corrected chi connectivity index (χ2v) is 2.83. The summed E-state index contributed by atoms with van der Waals surface area (Å²) in [7, 11) is 0. The fraction of sp³-hybridized carbons (Fsp3) is 0.875. The highest BCUT2D eigenvalue weighted by Crippen LogP contribution is 2.14. The van der Waals surface area contributed by atoms with Gasteiger partial charge in [0.15, 0.2) is 0 Å². The van der Waals surface area contributed by atoms with Gasteiger partial charge in [-0.25, -0.2) is 4.79 Å². The van der Waals surface area contributed by atoms with Gasteiger partial charge in [-0.3, -0.25) is 0 Å². The first-order valence-electron chi connectivity index (χ1n) is 4.23. The SMILES string of the molecule is CCCC1CN(CC)C(=O)O1. The van der Waals surface area contributed by atoms with Crippen molar-refractivity contribution in [3.8, 4) is 0 Å². The maximum Gasteiger partial charge on any atom is 0.410 e. The Morgan fingerprint density at radius 3 is 2.82 bits per heavy atom. The molecule has 0 saturated carbocycles. The summed E-state index contributed by atoms with van der Waals surface area (Å²) in [5.41, 5.74) is 0. The summed E-state index contributed by atoms with van der Waals surface area (Å²) in [5, 5.41) is 0. The number of nitrogens with zero attached hydrogens (tertiary/aromatic N) is 1. The molecule has 0 radical (unpaired) electrons. The summed E-state index contributed by atoms with van der Waals surface area (Å²) in [4.78, 5) is 12.7. The second kappa shape index (κ2) is 3.60. The minimum absolute atomic E-state index is 0.146. The van der Waals surface area contributed by atoms with E-state index < -0.39 is 0 Å². The quantitative estimate of drug-likeness (QED) is 0.623. The lowest BCUT2D eigenvalue weighted by Crippen LogP contribution is -2.24. The molecule has 1 fully saturated rings. The van der Waals surface area contributed by atoms with Crippen molar-refractivity contribution in [1.29, 1.82) is 0 Å². The van der Waals surface area contributed by atoms with Crippen molar-refractivity contribution in [2.45, 2.75) is 32.8 Å². The molecule has 0 bridgehead atoms. The molecule has 0 spiro atoms. The lowest BCUT2D eigenvalue weighted by molar-refractivity contribution is 0.129. The van der Waals surface area contributed by atoms with Gasteiger partial charge in [0.1, 0.15) is 6.10 Å². The highest BCUT2D eigenvalue weighted by Gasteiger charge is 2.28. The minimum atomic E-state index is -0.147. The fourth-order valence-corrected chi connectivity index (χ4v) is 1.31. The van der Waals surface area contributed by atoms with Crippen LogP contribution in [0.4, 0.5) is 4.79 Å². The van der Waals surface area contributed by atoms with Crippen LogP contribution in [0, 0.1) is 0 Å². The van der Waals surface area contributed by atoms with Crippen LogP contribution in [0.2, 0.25) is 0 Å². The highest BCUT2D eigenvalue weighted by molar-refractivity contribution is 5.69. The lowest BCUT2D eigenvalue weighted by Gasteiger charge is -2.07. The van der Waals surface area contributed by atoms with Crippen LogP contribution in [-0.2, 0) is 4.74 Å². The largest absolute Gasteiger partial charge is 0.444 e. The van der Waals surface area contributed by atoms with Crippen molar-refractivity contribution >= 4 is 6.09 Å². The summed E-state index contributed by atoms with van der Waals surface area (Å²) >= 11 is 0. The molecular formula is C8H15NO2. The van der Waals surface area contributed by atoms with Gasteiger partial charge in [0.25, 0.3) is 0 Å². The molecule has 0 aliphatic carbocycles. The number of carbonyl (C=O) groups excluding carboxylic acids is 1. The fourth-order valence-electron chi connectivity index (χ4n) is 1.31. The number of amides is 1. The number of rotatable bonds is 3. The van der Waals surface area contributed by atoms with E-state index in [4.69, 9.17) is 4.74 Å². The molecule has 1 aliphatic rings. The molecule has 1 amide bonds. The molecule has 1 unspecified atom stereocenters. The van der Waals surface area contributed by atoms with Crippen molar-refractivity contribution in [1.82, 2.24) is 4.90 Å². The molecule has 1 heterocycles. The van der Waals surface area contributed by atoms with Crippen LogP contribution in [0.5, 0.6) is 0 Å². The molecule has 0 aromatic carbocycles. The zero-order valence-corrected chi connectivity index (χ0v) is 7.17. The standard InChI is InChI=1S/C8H15NO2/c1-3-5-7-6-9(4-2)8(10)11-7/h7H,3-6H2,1-2H3. The number of hydrogen-bond donors (Lipinski definition) is 0. The molecule has 1 atom stereocenters. The molecule has 64 valence electrons. The summed E-state index contributed by atoms with van der Waals surface area (Å²) in [6.07, 6.45) is 2.07. The third-order valence-corrected chi connectivity index (χ3v) is 1.94. The molecular weight excluding hydrogens is 142 g/mol. The Hall–Kier alpha value is -0.730. The number of cyclic esters (lactones) is 1.